The zero-order valence-electron chi connectivity index (χ0n) is 18.5. The minimum absolute atomic E-state index is 0.247. The van der Waals surface area contributed by atoms with Crippen LogP contribution in [0.1, 0.15) is 74.7 Å². The third kappa shape index (κ3) is 4.58. The highest BCUT2D eigenvalue weighted by Gasteiger charge is 2.46. The van der Waals surface area contributed by atoms with Crippen LogP contribution in [0.5, 0.6) is 0 Å². The Morgan fingerprint density at radius 2 is 1.87 bits per heavy atom. The van der Waals surface area contributed by atoms with Gasteiger partial charge in [0.1, 0.15) is 0 Å². The molecule has 3 N–H and O–H groups in total. The molecule has 4 aliphatic rings. The quantitative estimate of drug-likeness (QED) is 0.725. The molecule has 3 heterocycles. The first-order valence-electron chi connectivity index (χ1n) is 12.4. The molecule has 1 amide bonds. The summed E-state index contributed by atoms with van der Waals surface area (Å²) in [6.07, 6.45) is 12.6. The number of aromatic nitrogens is 2. The molecule has 0 aromatic carbocycles. The number of fused-ring (bicyclic) bond motifs is 1. The van der Waals surface area contributed by atoms with Crippen molar-refractivity contribution >= 4 is 11.7 Å². The zero-order chi connectivity index (χ0) is 21.2. The predicted molar refractivity (Wildman–Crippen MR) is 120 cm³/mol. The molecule has 5 rings (SSSR count). The maximum absolute atomic E-state index is 11.5. The lowest BCUT2D eigenvalue weighted by Gasteiger charge is -2.40. The maximum atomic E-state index is 11.5. The summed E-state index contributed by atoms with van der Waals surface area (Å²) in [5.41, 5.74) is 5.64. The third-order valence-electron chi connectivity index (χ3n) is 8.34. The molecule has 0 bridgehead atoms. The van der Waals surface area contributed by atoms with Crippen LogP contribution in [0.15, 0.2) is 12.1 Å². The van der Waals surface area contributed by atoms with E-state index in [4.69, 9.17) is 10.5 Å². The van der Waals surface area contributed by atoms with E-state index in [-0.39, 0.29) is 5.69 Å². The van der Waals surface area contributed by atoms with Gasteiger partial charge in [-0.1, -0.05) is 19.3 Å². The summed E-state index contributed by atoms with van der Waals surface area (Å²) in [6.45, 7) is 3.02. The van der Waals surface area contributed by atoms with E-state index in [9.17, 15) is 4.79 Å². The maximum Gasteiger partial charge on any atom is 0.269 e. The lowest BCUT2D eigenvalue weighted by Crippen LogP contribution is -2.45. The number of carbonyl (C=O) groups is 1. The van der Waals surface area contributed by atoms with Crippen molar-refractivity contribution in [3.05, 3.63) is 17.8 Å². The molecule has 0 spiro atoms. The van der Waals surface area contributed by atoms with Crippen LogP contribution in [-0.4, -0.2) is 54.0 Å². The number of primary amides is 1. The summed E-state index contributed by atoms with van der Waals surface area (Å²) in [5, 5.41) is 12.5. The molecule has 31 heavy (non-hydrogen) atoms. The van der Waals surface area contributed by atoms with Crippen molar-refractivity contribution < 1.29 is 9.53 Å². The molecule has 2 aliphatic heterocycles. The van der Waals surface area contributed by atoms with E-state index >= 15 is 0 Å². The van der Waals surface area contributed by atoms with E-state index in [2.05, 4.69) is 20.4 Å². The van der Waals surface area contributed by atoms with Crippen molar-refractivity contribution in [2.45, 2.75) is 82.3 Å². The second kappa shape index (κ2) is 9.41. The van der Waals surface area contributed by atoms with Crippen LogP contribution in [0.4, 0.5) is 5.82 Å². The minimum atomic E-state index is -0.513. The Hall–Kier alpha value is -1.73. The molecule has 4 fully saturated rings. The summed E-state index contributed by atoms with van der Waals surface area (Å²) in [6, 6.07) is 5.41. The van der Waals surface area contributed by atoms with Gasteiger partial charge in [0.05, 0.1) is 0 Å². The van der Waals surface area contributed by atoms with Crippen LogP contribution < -0.4 is 16.0 Å². The van der Waals surface area contributed by atoms with Crippen LogP contribution in [0.3, 0.4) is 0 Å². The first-order chi connectivity index (χ1) is 15.2. The second-order valence-electron chi connectivity index (χ2n) is 10.2. The molecule has 4 atom stereocenters. The number of hydrogen-bond donors (Lipinski definition) is 2. The Morgan fingerprint density at radius 3 is 2.58 bits per heavy atom. The Labute approximate surface area is 185 Å². The molecular weight excluding hydrogens is 390 g/mol. The molecule has 7 nitrogen and oxygen atoms in total. The van der Waals surface area contributed by atoms with E-state index in [1.165, 1.54) is 64.2 Å². The van der Waals surface area contributed by atoms with Gasteiger partial charge in [-0.15, -0.1) is 10.2 Å². The summed E-state index contributed by atoms with van der Waals surface area (Å²) < 4.78 is 5.57. The highest BCUT2D eigenvalue weighted by Crippen LogP contribution is 2.44. The van der Waals surface area contributed by atoms with E-state index in [0.29, 0.717) is 18.1 Å². The lowest BCUT2D eigenvalue weighted by atomic mass is 9.85. The van der Waals surface area contributed by atoms with Crippen LogP contribution in [0, 0.1) is 17.8 Å². The lowest BCUT2D eigenvalue weighted by molar-refractivity contribution is 0.0593. The Bertz CT molecular complexity index is 745. The Kier molecular flexibility index (Phi) is 6.41. The number of hydrogen-bond acceptors (Lipinski definition) is 6. The number of nitrogens with zero attached hydrogens (tertiary/aromatic N) is 3. The summed E-state index contributed by atoms with van der Waals surface area (Å²) in [7, 11) is 0. The van der Waals surface area contributed by atoms with Crippen molar-refractivity contribution in [1.29, 1.82) is 0 Å². The van der Waals surface area contributed by atoms with Crippen LogP contribution in [0.25, 0.3) is 0 Å². The predicted octanol–water partition coefficient (Wildman–Crippen LogP) is 2.90. The average molecular weight is 428 g/mol. The zero-order valence-corrected chi connectivity index (χ0v) is 18.5. The van der Waals surface area contributed by atoms with Gasteiger partial charge in [0.2, 0.25) is 0 Å². The topological polar surface area (TPSA) is 93.4 Å². The van der Waals surface area contributed by atoms with Crippen molar-refractivity contribution in [2.75, 3.05) is 24.7 Å². The number of carbonyl (C=O) groups excluding carboxylic acids is 1. The Balaban J connectivity index is 1.32. The molecule has 170 valence electrons. The summed E-state index contributed by atoms with van der Waals surface area (Å²) >= 11 is 0. The van der Waals surface area contributed by atoms with Gasteiger partial charge in [-0.05, 0) is 81.4 Å². The number of ether oxygens (including phenoxy) is 1. The van der Waals surface area contributed by atoms with Crippen LogP contribution in [0.2, 0.25) is 0 Å². The molecule has 1 aromatic heterocycles. The number of amides is 1. The Morgan fingerprint density at radius 1 is 1.06 bits per heavy atom. The van der Waals surface area contributed by atoms with Gasteiger partial charge < -0.3 is 20.7 Å². The van der Waals surface area contributed by atoms with Gasteiger partial charge in [0.25, 0.3) is 5.91 Å². The SMILES string of the molecule is NC(=O)c1ccc(N(C2CCCCC2)[C@H]2C[C@@H]3CN[C@@H](CC4CCOCC4)[C@H]3C2)nn1. The van der Waals surface area contributed by atoms with E-state index in [1.54, 1.807) is 6.07 Å². The number of rotatable bonds is 6. The molecular formula is C24H37N5O2. The number of anilines is 1. The third-order valence-corrected chi connectivity index (χ3v) is 8.34. The smallest absolute Gasteiger partial charge is 0.269 e. The number of nitrogens with one attached hydrogen (secondary N) is 1. The van der Waals surface area contributed by atoms with Gasteiger partial charge >= 0.3 is 0 Å². The largest absolute Gasteiger partial charge is 0.381 e. The fraction of sp³-hybridized carbons (Fsp3) is 0.792. The standard InChI is InChI=1S/C24H37N5O2/c25-24(30)21-6-7-23(28-27-21)29(18-4-2-1-3-5-18)19-13-17-15-26-22(20(17)14-19)12-16-8-10-31-11-9-16/h6-7,16-20,22,26H,1-5,8-15H2,(H2,25,30)/t17-,19+,20+,22+/m1/s1. The van der Waals surface area contributed by atoms with Gasteiger partial charge in [0.15, 0.2) is 11.5 Å². The van der Waals surface area contributed by atoms with Gasteiger partial charge in [-0.3, -0.25) is 4.79 Å². The molecule has 2 saturated carbocycles. The van der Waals surface area contributed by atoms with Gasteiger partial charge in [-0.2, -0.15) is 0 Å². The van der Waals surface area contributed by atoms with Gasteiger partial charge in [-0.25, -0.2) is 0 Å². The molecule has 0 unspecified atom stereocenters. The van der Waals surface area contributed by atoms with Crippen molar-refractivity contribution in [2.24, 2.45) is 23.5 Å². The minimum Gasteiger partial charge on any atom is -0.381 e. The highest BCUT2D eigenvalue weighted by molar-refractivity contribution is 5.90. The first-order valence-corrected chi connectivity index (χ1v) is 12.4. The van der Waals surface area contributed by atoms with Gasteiger partial charge in [0, 0.05) is 31.3 Å². The fourth-order valence-corrected chi connectivity index (χ4v) is 6.76. The first kappa shape index (κ1) is 21.1. The van der Waals surface area contributed by atoms with E-state index in [1.807, 2.05) is 6.07 Å². The van der Waals surface area contributed by atoms with Crippen molar-refractivity contribution in [3.8, 4) is 0 Å². The highest BCUT2D eigenvalue weighted by atomic mass is 16.5. The fourth-order valence-electron chi connectivity index (χ4n) is 6.76. The van der Waals surface area contributed by atoms with E-state index in [0.717, 1.165) is 43.3 Å². The second-order valence-corrected chi connectivity index (χ2v) is 10.2. The molecule has 0 radical (unpaired) electrons. The van der Waals surface area contributed by atoms with Crippen LogP contribution in [-0.2, 0) is 4.74 Å². The normalized spacial score (nSPS) is 32.1. The molecule has 2 saturated heterocycles. The molecule has 1 aromatic rings. The monoisotopic (exact) mass is 427 g/mol. The van der Waals surface area contributed by atoms with Crippen LogP contribution >= 0.6 is 0 Å². The average Bonchev–Trinajstić information content (AvgIpc) is 3.38. The summed E-state index contributed by atoms with van der Waals surface area (Å²) in [4.78, 5) is 14.0. The van der Waals surface area contributed by atoms with Crippen molar-refractivity contribution in [3.63, 3.8) is 0 Å². The molecule has 7 heteroatoms. The molecule has 2 aliphatic carbocycles. The number of nitrogens with two attached hydrogens (primary N) is 1. The van der Waals surface area contributed by atoms with E-state index < -0.39 is 5.91 Å². The van der Waals surface area contributed by atoms with Crippen molar-refractivity contribution in [1.82, 2.24) is 15.5 Å². The summed E-state index contributed by atoms with van der Waals surface area (Å²) in [5.74, 6) is 2.75.